The lowest BCUT2D eigenvalue weighted by Gasteiger charge is -2.42. The molecular weight excluding hydrogens is 411 g/mol. The molecule has 148 valence electrons. The Morgan fingerprint density at radius 1 is 0.613 bits per heavy atom. The predicted octanol–water partition coefficient (Wildman–Crippen LogP) is 5.55. The Hall–Kier alpha value is -2.36. The third-order valence-corrected chi connectivity index (χ3v) is 9.48. The third-order valence-electron chi connectivity index (χ3n) is 7.18. The zero-order valence-corrected chi connectivity index (χ0v) is 19.5. The van der Waals surface area contributed by atoms with Gasteiger partial charge in [-0.25, -0.2) is 0 Å². The fourth-order valence-corrected chi connectivity index (χ4v) is 8.69. The first kappa shape index (κ1) is 18.2. The Morgan fingerprint density at radius 3 is 1.58 bits per heavy atom. The van der Waals surface area contributed by atoms with Crippen LogP contribution in [0, 0.1) is 20.8 Å². The summed E-state index contributed by atoms with van der Waals surface area (Å²) < 4.78 is 0. The highest BCUT2D eigenvalue weighted by Crippen LogP contribution is 2.57. The van der Waals surface area contributed by atoms with Crippen LogP contribution in [0.5, 0.6) is 0 Å². The van der Waals surface area contributed by atoms with Gasteiger partial charge in [-0.15, -0.1) is 0 Å². The number of hydrogen-bond acceptors (Lipinski definition) is 2. The second-order valence-electron chi connectivity index (χ2n) is 9.07. The number of rotatable bonds is 1. The molecule has 0 fully saturated rings. The first-order valence-corrected chi connectivity index (χ1v) is 12.6. The van der Waals surface area contributed by atoms with Crippen molar-refractivity contribution in [1.82, 2.24) is 0 Å². The molecule has 0 nitrogen and oxygen atoms in total. The van der Waals surface area contributed by atoms with Gasteiger partial charge >= 0.3 is 0 Å². The van der Waals surface area contributed by atoms with Crippen LogP contribution in [0.15, 0.2) is 86.3 Å². The smallest absolute Gasteiger partial charge is 0.0894 e. The number of hydrogen-bond donors (Lipinski definition) is 0. The molecule has 3 aliphatic heterocycles. The molecule has 7 rings (SSSR count). The maximum Gasteiger partial charge on any atom is 0.242 e. The lowest BCUT2D eigenvalue weighted by molar-refractivity contribution is 0.847. The van der Waals surface area contributed by atoms with Gasteiger partial charge in [0.2, 0.25) is 6.71 Å². The molecule has 3 heterocycles. The molecular formula is C28H21BS2. The van der Waals surface area contributed by atoms with Crippen LogP contribution in [0.3, 0.4) is 0 Å². The average Bonchev–Trinajstić information content (AvgIpc) is 2.75. The quantitative estimate of drug-likeness (QED) is 0.312. The van der Waals surface area contributed by atoms with Crippen molar-refractivity contribution in [1.29, 1.82) is 0 Å². The Labute approximate surface area is 192 Å². The molecule has 3 aliphatic rings. The predicted molar refractivity (Wildman–Crippen MR) is 134 cm³/mol. The van der Waals surface area contributed by atoms with E-state index in [0.717, 1.165) is 0 Å². The SMILES string of the molecule is Cc1cc(C)c(B2c3cccc4c3C3c5c(cccc5Sc5cccc2c53)S4)c(C)c1. The fourth-order valence-electron chi connectivity index (χ4n) is 6.20. The van der Waals surface area contributed by atoms with Crippen LogP contribution in [0.2, 0.25) is 0 Å². The van der Waals surface area contributed by atoms with Crippen LogP contribution in [0.1, 0.15) is 39.3 Å². The second-order valence-corrected chi connectivity index (χ2v) is 11.2. The molecule has 0 amide bonds. The Morgan fingerprint density at radius 2 is 1.06 bits per heavy atom. The van der Waals surface area contributed by atoms with Crippen molar-refractivity contribution in [2.24, 2.45) is 0 Å². The molecule has 0 saturated carbocycles. The van der Waals surface area contributed by atoms with Gasteiger partial charge in [0.1, 0.15) is 0 Å². The minimum absolute atomic E-state index is 0.301. The third kappa shape index (κ3) is 2.37. The highest BCUT2D eigenvalue weighted by Gasteiger charge is 2.45. The summed E-state index contributed by atoms with van der Waals surface area (Å²) in [5.41, 5.74) is 13.3. The molecule has 0 saturated heterocycles. The molecule has 31 heavy (non-hydrogen) atoms. The van der Waals surface area contributed by atoms with Gasteiger partial charge in [0.25, 0.3) is 0 Å². The number of aryl methyl sites for hydroxylation is 3. The summed E-state index contributed by atoms with van der Waals surface area (Å²) in [6.07, 6.45) is 0. The van der Waals surface area contributed by atoms with E-state index in [-0.39, 0.29) is 0 Å². The topological polar surface area (TPSA) is 0 Å². The van der Waals surface area contributed by atoms with Crippen molar-refractivity contribution in [2.45, 2.75) is 46.3 Å². The van der Waals surface area contributed by atoms with Crippen LogP contribution in [-0.4, -0.2) is 6.71 Å². The van der Waals surface area contributed by atoms with Crippen molar-refractivity contribution in [3.8, 4) is 0 Å². The maximum atomic E-state index is 2.40. The summed E-state index contributed by atoms with van der Waals surface area (Å²) in [5, 5.41) is 0. The molecule has 0 bridgehead atoms. The summed E-state index contributed by atoms with van der Waals surface area (Å²) in [7, 11) is 0. The van der Waals surface area contributed by atoms with Crippen molar-refractivity contribution < 1.29 is 0 Å². The average molecular weight is 432 g/mol. The highest BCUT2D eigenvalue weighted by molar-refractivity contribution is 8.00. The zero-order chi connectivity index (χ0) is 20.9. The van der Waals surface area contributed by atoms with E-state index in [2.05, 4.69) is 87.5 Å². The second kappa shape index (κ2) is 6.34. The van der Waals surface area contributed by atoms with Gasteiger partial charge < -0.3 is 0 Å². The summed E-state index contributed by atoms with van der Waals surface area (Å²) in [6, 6.07) is 25.6. The van der Waals surface area contributed by atoms with E-state index < -0.39 is 0 Å². The fraction of sp³-hybridized carbons (Fsp3) is 0.143. The molecule has 0 aromatic heterocycles. The van der Waals surface area contributed by atoms with Gasteiger partial charge in [-0.3, -0.25) is 0 Å². The molecule has 4 aromatic carbocycles. The van der Waals surface area contributed by atoms with E-state index in [4.69, 9.17) is 0 Å². The number of benzene rings is 4. The van der Waals surface area contributed by atoms with E-state index in [1.807, 2.05) is 23.5 Å². The monoisotopic (exact) mass is 432 g/mol. The first-order chi connectivity index (χ1) is 15.1. The molecule has 4 aromatic rings. The molecule has 0 aliphatic carbocycles. The Balaban J connectivity index is 1.62. The molecule has 0 atom stereocenters. The van der Waals surface area contributed by atoms with Crippen LogP contribution in [0.25, 0.3) is 0 Å². The molecule has 3 heteroatoms. The lowest BCUT2D eigenvalue weighted by Crippen LogP contribution is -2.60. The van der Waals surface area contributed by atoms with Gasteiger partial charge in [0.05, 0.1) is 0 Å². The first-order valence-electron chi connectivity index (χ1n) is 10.9. The summed E-state index contributed by atoms with van der Waals surface area (Å²) >= 11 is 3.93. The summed E-state index contributed by atoms with van der Waals surface area (Å²) in [6.45, 7) is 7.10. The van der Waals surface area contributed by atoms with Gasteiger partial charge in [-0.2, -0.15) is 0 Å². The van der Waals surface area contributed by atoms with Gasteiger partial charge in [-0.1, -0.05) is 99.1 Å². The Bertz CT molecular complexity index is 1340. The van der Waals surface area contributed by atoms with E-state index >= 15 is 0 Å². The zero-order valence-electron chi connectivity index (χ0n) is 17.8. The van der Waals surface area contributed by atoms with Gasteiger partial charge in [0, 0.05) is 25.5 Å². The van der Waals surface area contributed by atoms with E-state index in [1.165, 1.54) is 58.2 Å². The van der Waals surface area contributed by atoms with Crippen LogP contribution in [0.4, 0.5) is 0 Å². The molecule has 0 spiro atoms. The van der Waals surface area contributed by atoms with Crippen LogP contribution >= 0.6 is 23.5 Å². The Kier molecular flexibility index (Phi) is 3.73. The minimum Gasteiger partial charge on any atom is -0.0894 e. The van der Waals surface area contributed by atoms with Crippen LogP contribution < -0.4 is 16.4 Å². The van der Waals surface area contributed by atoms with E-state index in [0.29, 0.717) is 12.6 Å². The van der Waals surface area contributed by atoms with E-state index in [1.54, 1.807) is 11.1 Å². The largest absolute Gasteiger partial charge is 0.242 e. The summed E-state index contributed by atoms with van der Waals surface area (Å²) in [5.74, 6) is 0.369. The normalized spacial score (nSPS) is 15.1. The van der Waals surface area contributed by atoms with Crippen LogP contribution in [-0.2, 0) is 0 Å². The highest BCUT2D eigenvalue weighted by atomic mass is 32.2. The minimum atomic E-state index is 0.301. The van der Waals surface area contributed by atoms with Gasteiger partial charge in [0.15, 0.2) is 0 Å². The van der Waals surface area contributed by atoms with E-state index in [9.17, 15) is 0 Å². The van der Waals surface area contributed by atoms with Crippen molar-refractivity contribution in [3.63, 3.8) is 0 Å². The van der Waals surface area contributed by atoms with Gasteiger partial charge in [-0.05, 0) is 61.7 Å². The molecule has 0 unspecified atom stereocenters. The van der Waals surface area contributed by atoms with Crippen molar-refractivity contribution >= 4 is 46.6 Å². The molecule has 0 radical (unpaired) electrons. The molecule has 0 N–H and O–H groups in total. The van der Waals surface area contributed by atoms with Crippen molar-refractivity contribution in [2.75, 3.05) is 0 Å². The summed E-state index contributed by atoms with van der Waals surface area (Å²) in [4.78, 5) is 5.74. The van der Waals surface area contributed by atoms with Crippen molar-refractivity contribution in [3.05, 3.63) is 100 Å². The lowest BCUT2D eigenvalue weighted by atomic mass is 9.31. The maximum absolute atomic E-state index is 2.40. The standard InChI is InChI=1S/C28H21BS2/c1-15-13-16(2)28(17(3)14-15)29-18-7-4-9-20-24(18)27-25-19(29)8-5-10-21(25)31-23-12-6-11-22(30-20)26(23)27/h4-14,27H,1-3H3.